The Morgan fingerprint density at radius 1 is 1.19 bits per heavy atom. The quantitative estimate of drug-likeness (QED) is 0.461. The van der Waals surface area contributed by atoms with Crippen LogP contribution in [0, 0.1) is 6.92 Å². The topological polar surface area (TPSA) is 120 Å². The molecule has 0 aromatic carbocycles. The molecule has 0 spiro atoms. The monoisotopic (exact) mass is 524 g/mol. The van der Waals surface area contributed by atoms with Gasteiger partial charge in [-0.05, 0) is 31.7 Å². The van der Waals surface area contributed by atoms with E-state index in [0.717, 1.165) is 53.7 Å². The van der Waals surface area contributed by atoms with E-state index in [9.17, 15) is 9.00 Å². The summed E-state index contributed by atoms with van der Waals surface area (Å²) in [5, 5.41) is 7.90. The largest absolute Gasteiger partial charge is 0.381 e. The molecule has 1 N–H and O–H groups in total. The second-order valence-electron chi connectivity index (χ2n) is 9.97. The molecule has 0 aliphatic carbocycles. The zero-order valence-corrected chi connectivity index (χ0v) is 22.1. The summed E-state index contributed by atoms with van der Waals surface area (Å²) in [5.41, 5.74) is 3.42. The van der Waals surface area contributed by atoms with Crippen LogP contribution < -0.4 is 10.2 Å². The lowest BCUT2D eigenvalue weighted by Gasteiger charge is -2.29. The van der Waals surface area contributed by atoms with Gasteiger partial charge in [-0.15, -0.1) is 0 Å². The van der Waals surface area contributed by atoms with Gasteiger partial charge in [-0.2, -0.15) is 10.1 Å². The first-order chi connectivity index (χ1) is 17.9. The molecule has 1 atom stereocenters. The minimum Gasteiger partial charge on any atom is -0.381 e. The highest BCUT2D eigenvalue weighted by Gasteiger charge is 2.30. The summed E-state index contributed by atoms with van der Waals surface area (Å²) in [6, 6.07) is 0.252. The predicted molar refractivity (Wildman–Crippen MR) is 138 cm³/mol. The Labute approximate surface area is 218 Å². The standard InChI is InChI=1S/C25H32N8O3S/c1-16-17(13-31(2)30-16)3-4-21(34)20-14-32-8-9-33(15-22(32)27-20)25-28-19-7-12-37(35)23(19)24(29-25)26-18-5-10-36-11-6-18/h13-14,18H,3-12,15H2,1-2H3,(H,26,28,29). The molecule has 1 saturated heterocycles. The molecule has 196 valence electrons. The molecule has 0 bridgehead atoms. The fourth-order valence-corrected chi connectivity index (χ4v) is 6.60. The van der Waals surface area contributed by atoms with Crippen LogP contribution >= 0.6 is 0 Å². The molecule has 0 radical (unpaired) electrons. The van der Waals surface area contributed by atoms with E-state index in [4.69, 9.17) is 14.7 Å². The van der Waals surface area contributed by atoms with Crippen LogP contribution in [0.15, 0.2) is 17.3 Å². The molecule has 6 heterocycles. The van der Waals surface area contributed by atoms with E-state index >= 15 is 0 Å². The minimum absolute atomic E-state index is 0.0379. The van der Waals surface area contributed by atoms with Crippen molar-refractivity contribution in [3.8, 4) is 0 Å². The van der Waals surface area contributed by atoms with E-state index in [1.165, 1.54) is 0 Å². The van der Waals surface area contributed by atoms with Crippen molar-refractivity contribution in [2.45, 2.75) is 63.1 Å². The third kappa shape index (κ3) is 4.91. The Hall–Kier alpha value is -3.12. The fraction of sp³-hybridized carbons (Fsp3) is 0.560. The van der Waals surface area contributed by atoms with Crippen LogP contribution in [-0.2, 0) is 48.5 Å². The lowest BCUT2D eigenvalue weighted by atomic mass is 10.1. The highest BCUT2D eigenvalue weighted by Crippen LogP contribution is 2.32. The molecule has 3 aromatic rings. The number of rotatable bonds is 7. The summed E-state index contributed by atoms with van der Waals surface area (Å²) in [5.74, 6) is 2.78. The van der Waals surface area contributed by atoms with E-state index in [2.05, 4.69) is 24.9 Å². The van der Waals surface area contributed by atoms with E-state index in [1.54, 1.807) is 4.68 Å². The number of aromatic nitrogens is 6. The summed E-state index contributed by atoms with van der Waals surface area (Å²) in [6.07, 6.45) is 7.39. The molecule has 3 aromatic heterocycles. The zero-order valence-electron chi connectivity index (χ0n) is 21.3. The number of aryl methyl sites for hydroxylation is 4. The number of anilines is 2. The normalized spacial score (nSPS) is 19.6. The number of Topliss-reactive ketones (excluding diaryl/α,β-unsaturated/α-hetero) is 1. The van der Waals surface area contributed by atoms with Gasteiger partial charge in [-0.25, -0.2) is 9.97 Å². The van der Waals surface area contributed by atoms with Crippen LogP contribution in [-0.4, -0.2) is 70.8 Å². The van der Waals surface area contributed by atoms with Gasteiger partial charge in [0, 0.05) is 70.4 Å². The van der Waals surface area contributed by atoms with Crippen LogP contribution in [0.4, 0.5) is 11.8 Å². The van der Waals surface area contributed by atoms with Crippen LogP contribution in [0.3, 0.4) is 0 Å². The Kier molecular flexibility index (Phi) is 6.53. The van der Waals surface area contributed by atoms with Gasteiger partial charge >= 0.3 is 0 Å². The van der Waals surface area contributed by atoms with Crippen molar-refractivity contribution in [3.63, 3.8) is 0 Å². The van der Waals surface area contributed by atoms with Gasteiger partial charge < -0.3 is 19.5 Å². The molecule has 3 aliphatic heterocycles. The molecule has 3 aliphatic rings. The van der Waals surface area contributed by atoms with Gasteiger partial charge in [-0.3, -0.25) is 13.7 Å². The molecule has 37 heavy (non-hydrogen) atoms. The first kappa shape index (κ1) is 24.2. The average Bonchev–Trinajstić information content (AvgIpc) is 3.58. The molecule has 1 fully saturated rings. The molecule has 12 heteroatoms. The Morgan fingerprint density at radius 3 is 2.81 bits per heavy atom. The maximum atomic E-state index is 12.9. The van der Waals surface area contributed by atoms with E-state index < -0.39 is 10.8 Å². The van der Waals surface area contributed by atoms with Crippen molar-refractivity contribution in [1.29, 1.82) is 0 Å². The number of fused-ring (bicyclic) bond motifs is 2. The van der Waals surface area contributed by atoms with E-state index in [-0.39, 0.29) is 11.8 Å². The molecule has 0 amide bonds. The third-order valence-corrected chi connectivity index (χ3v) is 8.80. The van der Waals surface area contributed by atoms with Gasteiger partial charge in [0.15, 0.2) is 5.78 Å². The lowest BCUT2D eigenvalue weighted by molar-refractivity contribution is 0.0903. The summed E-state index contributed by atoms with van der Waals surface area (Å²) in [6.45, 7) is 5.34. The first-order valence-electron chi connectivity index (χ1n) is 12.9. The van der Waals surface area contributed by atoms with Crippen molar-refractivity contribution in [1.82, 2.24) is 29.3 Å². The zero-order chi connectivity index (χ0) is 25.5. The number of hydrogen-bond donors (Lipinski definition) is 1. The molecule has 0 saturated carbocycles. The fourth-order valence-electron chi connectivity index (χ4n) is 5.29. The van der Waals surface area contributed by atoms with Crippen molar-refractivity contribution in [2.24, 2.45) is 7.05 Å². The number of ketones is 1. The smallest absolute Gasteiger partial charge is 0.228 e. The Balaban J connectivity index is 1.18. The number of carbonyl (C=O) groups excluding carboxylic acids is 1. The van der Waals surface area contributed by atoms with Crippen LogP contribution in [0.1, 0.15) is 52.5 Å². The van der Waals surface area contributed by atoms with Gasteiger partial charge in [0.25, 0.3) is 0 Å². The Morgan fingerprint density at radius 2 is 2.03 bits per heavy atom. The van der Waals surface area contributed by atoms with Gasteiger partial charge in [0.2, 0.25) is 5.95 Å². The summed E-state index contributed by atoms with van der Waals surface area (Å²) >= 11 is 0. The number of nitrogens with one attached hydrogen (secondary N) is 1. The minimum atomic E-state index is -1.08. The third-order valence-electron chi connectivity index (χ3n) is 7.35. The van der Waals surface area contributed by atoms with Crippen LogP contribution in [0.5, 0.6) is 0 Å². The van der Waals surface area contributed by atoms with E-state index in [1.807, 2.05) is 26.4 Å². The van der Waals surface area contributed by atoms with Crippen molar-refractivity contribution < 1.29 is 13.7 Å². The van der Waals surface area contributed by atoms with Crippen LogP contribution in [0.25, 0.3) is 0 Å². The lowest BCUT2D eigenvalue weighted by Crippen LogP contribution is -2.35. The molecule has 11 nitrogen and oxygen atoms in total. The SMILES string of the molecule is Cc1nn(C)cc1CCC(=O)c1cn2c(n1)CN(c1nc3c(c(NC4CCOCC4)n1)S(=O)CC3)CC2. The maximum absolute atomic E-state index is 12.9. The highest BCUT2D eigenvalue weighted by atomic mass is 32.2. The van der Waals surface area contributed by atoms with Gasteiger partial charge in [0.05, 0.1) is 28.7 Å². The van der Waals surface area contributed by atoms with Crippen molar-refractivity contribution >= 4 is 28.3 Å². The maximum Gasteiger partial charge on any atom is 0.228 e. The number of ether oxygens (including phenoxy) is 1. The first-order valence-corrected chi connectivity index (χ1v) is 14.2. The van der Waals surface area contributed by atoms with Crippen LogP contribution in [0.2, 0.25) is 0 Å². The molecule has 1 unspecified atom stereocenters. The van der Waals surface area contributed by atoms with E-state index in [0.29, 0.717) is 62.1 Å². The highest BCUT2D eigenvalue weighted by molar-refractivity contribution is 7.85. The van der Waals surface area contributed by atoms with Crippen molar-refractivity contribution in [3.05, 3.63) is 40.9 Å². The van der Waals surface area contributed by atoms with Crippen molar-refractivity contribution in [2.75, 3.05) is 35.7 Å². The average molecular weight is 525 g/mol. The number of hydrogen-bond acceptors (Lipinski definition) is 9. The summed E-state index contributed by atoms with van der Waals surface area (Å²) in [4.78, 5) is 30.1. The van der Waals surface area contributed by atoms with Gasteiger partial charge in [0.1, 0.15) is 22.2 Å². The number of imidazole rings is 1. The summed E-state index contributed by atoms with van der Waals surface area (Å²) in [7, 11) is 0.813. The number of carbonyl (C=O) groups is 1. The summed E-state index contributed by atoms with van der Waals surface area (Å²) < 4.78 is 22.0. The molecular formula is C25H32N8O3S. The Bertz CT molecular complexity index is 1360. The predicted octanol–water partition coefficient (Wildman–Crippen LogP) is 1.81. The van der Waals surface area contributed by atoms with Gasteiger partial charge in [-0.1, -0.05) is 0 Å². The second-order valence-corrected chi connectivity index (χ2v) is 11.5. The number of nitrogens with zero attached hydrogens (tertiary/aromatic N) is 7. The molecule has 6 rings (SSSR count). The second kappa shape index (κ2) is 9.97. The molecular weight excluding hydrogens is 492 g/mol.